The van der Waals surface area contributed by atoms with Gasteiger partial charge in [0.2, 0.25) is 0 Å². The van der Waals surface area contributed by atoms with Crippen LogP contribution in [0.25, 0.3) is 21.6 Å². The number of pyridine rings is 2. The average Bonchev–Trinajstić information content (AvgIpc) is 3.56. The van der Waals surface area contributed by atoms with Crippen molar-refractivity contribution < 1.29 is 17.7 Å². The van der Waals surface area contributed by atoms with Crippen LogP contribution in [0.4, 0.5) is 6.01 Å². The predicted molar refractivity (Wildman–Crippen MR) is 133 cm³/mol. The second-order valence-corrected chi connectivity index (χ2v) is 12.0. The minimum absolute atomic E-state index is 0.0368. The number of nitrogens with zero attached hydrogens (tertiary/aromatic N) is 6. The van der Waals surface area contributed by atoms with E-state index in [0.717, 1.165) is 47.5 Å². The van der Waals surface area contributed by atoms with Crippen LogP contribution in [0.1, 0.15) is 38.9 Å². The number of anilines is 1. The monoisotopic (exact) mass is 514 g/mol. The van der Waals surface area contributed by atoms with Gasteiger partial charge in [-0.25, -0.2) is 23.4 Å². The molecule has 2 atom stereocenters. The van der Waals surface area contributed by atoms with Crippen molar-refractivity contribution in [3.8, 4) is 16.5 Å². The Morgan fingerprint density at radius 2 is 1.97 bits per heavy atom. The SMILES string of the molecule is CC(C)c1noc(N2CCC([C@@H](C)Oc3nc4ccc(-c5ccc(S(C)(=O)=O)nc5)nc4s3)C2)n1. The highest BCUT2D eigenvalue weighted by Crippen LogP contribution is 2.32. The smallest absolute Gasteiger partial charge is 0.324 e. The van der Waals surface area contributed by atoms with E-state index < -0.39 is 9.84 Å². The Morgan fingerprint density at radius 1 is 1.14 bits per heavy atom. The van der Waals surface area contributed by atoms with Crippen molar-refractivity contribution in [3.05, 3.63) is 36.3 Å². The molecule has 1 aliphatic heterocycles. The van der Waals surface area contributed by atoms with Gasteiger partial charge >= 0.3 is 6.01 Å². The number of hydrogen-bond donors (Lipinski definition) is 0. The second kappa shape index (κ2) is 9.15. The maximum atomic E-state index is 11.6. The molecular weight excluding hydrogens is 488 g/mol. The molecule has 0 spiro atoms. The molecule has 35 heavy (non-hydrogen) atoms. The molecule has 12 heteroatoms. The summed E-state index contributed by atoms with van der Waals surface area (Å²) in [7, 11) is -3.34. The van der Waals surface area contributed by atoms with Crippen LogP contribution in [-0.4, -0.2) is 59.0 Å². The van der Waals surface area contributed by atoms with E-state index in [1.165, 1.54) is 23.6 Å². The summed E-state index contributed by atoms with van der Waals surface area (Å²) in [6.07, 6.45) is 3.57. The summed E-state index contributed by atoms with van der Waals surface area (Å²) in [6.45, 7) is 7.76. The molecule has 0 bridgehead atoms. The molecule has 1 unspecified atom stereocenters. The molecule has 1 fully saturated rings. The van der Waals surface area contributed by atoms with Gasteiger partial charge in [-0.1, -0.05) is 30.3 Å². The first-order valence-electron chi connectivity index (χ1n) is 11.4. The zero-order chi connectivity index (χ0) is 24.7. The molecule has 0 amide bonds. The lowest BCUT2D eigenvalue weighted by molar-refractivity contribution is 0.161. The Balaban J connectivity index is 1.26. The predicted octanol–water partition coefficient (Wildman–Crippen LogP) is 3.96. The van der Waals surface area contributed by atoms with Gasteiger partial charge < -0.3 is 14.2 Å². The first kappa shape index (κ1) is 23.6. The van der Waals surface area contributed by atoms with Crippen LogP contribution in [-0.2, 0) is 9.84 Å². The Hall–Kier alpha value is -3.12. The zero-order valence-electron chi connectivity index (χ0n) is 19.9. The standard InChI is InChI=1S/C23H26N6O4S2/c1-13(2)20-27-22(33-28-20)29-10-9-16(12-29)14(3)32-23-26-18-7-6-17(25-21(18)34-23)15-5-8-19(24-11-15)35(4,30)31/h5-8,11,13-14,16H,9-10,12H2,1-4H3/t14-,16?/m1/s1. The van der Waals surface area contributed by atoms with E-state index >= 15 is 0 Å². The van der Waals surface area contributed by atoms with Crippen LogP contribution < -0.4 is 9.64 Å². The summed E-state index contributed by atoms with van der Waals surface area (Å²) in [4.78, 5) is 20.7. The topological polar surface area (TPSA) is 124 Å². The Kier molecular flexibility index (Phi) is 6.18. The van der Waals surface area contributed by atoms with Gasteiger partial charge in [-0.15, -0.1) is 0 Å². The first-order valence-corrected chi connectivity index (χ1v) is 14.1. The summed E-state index contributed by atoms with van der Waals surface area (Å²) >= 11 is 1.39. The van der Waals surface area contributed by atoms with E-state index in [1.807, 2.05) is 26.0 Å². The van der Waals surface area contributed by atoms with Gasteiger partial charge in [0, 0.05) is 42.9 Å². The molecular formula is C23H26N6O4S2. The van der Waals surface area contributed by atoms with Crippen molar-refractivity contribution in [2.24, 2.45) is 5.92 Å². The van der Waals surface area contributed by atoms with Gasteiger partial charge in [0.15, 0.2) is 20.7 Å². The molecule has 4 aromatic rings. The molecule has 5 heterocycles. The Labute approximate surface area is 207 Å². The van der Waals surface area contributed by atoms with Crippen molar-refractivity contribution in [1.82, 2.24) is 25.1 Å². The Bertz CT molecular complexity index is 1450. The fourth-order valence-electron chi connectivity index (χ4n) is 3.95. The van der Waals surface area contributed by atoms with Crippen LogP contribution in [0.5, 0.6) is 5.19 Å². The number of aromatic nitrogens is 5. The van der Waals surface area contributed by atoms with E-state index in [0.29, 0.717) is 22.8 Å². The van der Waals surface area contributed by atoms with E-state index in [9.17, 15) is 8.42 Å². The molecule has 4 aromatic heterocycles. The average molecular weight is 515 g/mol. The van der Waals surface area contributed by atoms with Crippen molar-refractivity contribution in [1.29, 1.82) is 0 Å². The lowest BCUT2D eigenvalue weighted by Gasteiger charge is -2.19. The number of fused-ring (bicyclic) bond motifs is 1. The summed E-state index contributed by atoms with van der Waals surface area (Å²) in [6, 6.07) is 7.49. The van der Waals surface area contributed by atoms with Gasteiger partial charge in [-0.2, -0.15) is 4.98 Å². The minimum Gasteiger partial charge on any atom is -0.467 e. The molecule has 0 N–H and O–H groups in total. The zero-order valence-corrected chi connectivity index (χ0v) is 21.5. The molecule has 0 radical (unpaired) electrons. The highest BCUT2D eigenvalue weighted by atomic mass is 32.2. The third-order valence-corrected chi connectivity index (χ3v) is 7.90. The molecule has 5 rings (SSSR count). The van der Waals surface area contributed by atoms with E-state index in [2.05, 4.69) is 36.9 Å². The first-order chi connectivity index (χ1) is 16.7. The fourth-order valence-corrected chi connectivity index (χ4v) is 5.38. The number of hydrogen-bond acceptors (Lipinski definition) is 11. The van der Waals surface area contributed by atoms with Gasteiger partial charge in [-0.3, -0.25) is 0 Å². The quantitative estimate of drug-likeness (QED) is 0.358. The third kappa shape index (κ3) is 4.98. The lowest BCUT2D eigenvalue weighted by Crippen LogP contribution is -2.27. The highest BCUT2D eigenvalue weighted by Gasteiger charge is 2.31. The highest BCUT2D eigenvalue weighted by molar-refractivity contribution is 7.90. The van der Waals surface area contributed by atoms with Crippen LogP contribution in [0, 0.1) is 5.92 Å². The third-order valence-electron chi connectivity index (χ3n) is 6.04. The number of ether oxygens (including phenoxy) is 1. The van der Waals surface area contributed by atoms with Gasteiger partial charge in [0.1, 0.15) is 16.5 Å². The van der Waals surface area contributed by atoms with E-state index in [4.69, 9.17) is 9.26 Å². The second-order valence-electron chi connectivity index (χ2n) is 9.07. The van der Waals surface area contributed by atoms with Crippen molar-refractivity contribution in [2.45, 2.75) is 44.2 Å². The molecule has 0 aliphatic carbocycles. The molecule has 184 valence electrons. The van der Waals surface area contributed by atoms with Crippen LogP contribution in [0.2, 0.25) is 0 Å². The van der Waals surface area contributed by atoms with Gasteiger partial charge in [0.05, 0.1) is 5.69 Å². The van der Waals surface area contributed by atoms with Crippen LogP contribution >= 0.6 is 11.3 Å². The number of thiazole rings is 1. The maximum Gasteiger partial charge on any atom is 0.324 e. The van der Waals surface area contributed by atoms with Crippen molar-refractivity contribution >= 4 is 37.5 Å². The molecule has 10 nitrogen and oxygen atoms in total. The fraction of sp³-hybridized carbons (Fsp3) is 0.435. The van der Waals surface area contributed by atoms with Gasteiger partial charge in [-0.05, 0) is 37.6 Å². The minimum atomic E-state index is -3.34. The van der Waals surface area contributed by atoms with Crippen LogP contribution in [0.15, 0.2) is 40.0 Å². The van der Waals surface area contributed by atoms with Crippen LogP contribution in [0.3, 0.4) is 0 Å². The van der Waals surface area contributed by atoms with Gasteiger partial charge in [0.25, 0.3) is 5.19 Å². The largest absolute Gasteiger partial charge is 0.467 e. The molecule has 0 saturated carbocycles. The summed E-state index contributed by atoms with van der Waals surface area (Å²) < 4.78 is 34.9. The summed E-state index contributed by atoms with van der Waals surface area (Å²) in [5, 5.41) is 4.67. The molecule has 1 aliphatic rings. The van der Waals surface area contributed by atoms with Crippen molar-refractivity contribution in [3.63, 3.8) is 0 Å². The summed E-state index contributed by atoms with van der Waals surface area (Å²) in [5.74, 6) is 1.25. The maximum absolute atomic E-state index is 11.6. The molecule has 0 aromatic carbocycles. The molecule has 1 saturated heterocycles. The van der Waals surface area contributed by atoms with E-state index in [-0.39, 0.29) is 17.0 Å². The van der Waals surface area contributed by atoms with Crippen molar-refractivity contribution in [2.75, 3.05) is 24.2 Å². The number of sulfone groups is 1. The van der Waals surface area contributed by atoms with E-state index in [1.54, 1.807) is 6.07 Å². The Morgan fingerprint density at radius 3 is 2.66 bits per heavy atom. The lowest BCUT2D eigenvalue weighted by atomic mass is 10.0. The summed E-state index contributed by atoms with van der Waals surface area (Å²) in [5.41, 5.74) is 2.18. The normalized spacial score (nSPS) is 17.4. The number of rotatable bonds is 7.